The fourth-order valence-corrected chi connectivity index (χ4v) is 3.52. The van der Waals surface area contributed by atoms with Crippen molar-refractivity contribution in [2.75, 3.05) is 5.73 Å². The molecule has 21 heavy (non-hydrogen) atoms. The highest BCUT2D eigenvalue weighted by Gasteiger charge is 2.30. The molecule has 5 nitrogen and oxygen atoms in total. The van der Waals surface area contributed by atoms with Gasteiger partial charge in [0.2, 0.25) is 4.96 Å². The lowest BCUT2D eigenvalue weighted by Gasteiger charge is -2.09. The molecular formula is C15H17N5S. The van der Waals surface area contributed by atoms with Crippen LogP contribution < -0.4 is 5.73 Å². The monoisotopic (exact) mass is 299 g/mol. The number of aromatic nitrogens is 4. The van der Waals surface area contributed by atoms with Crippen molar-refractivity contribution < 1.29 is 0 Å². The normalized spacial score (nSPS) is 16.4. The number of benzene rings is 1. The first-order valence-corrected chi connectivity index (χ1v) is 8.09. The van der Waals surface area contributed by atoms with E-state index in [4.69, 9.17) is 10.8 Å². The molecule has 1 aromatic carbocycles. The summed E-state index contributed by atoms with van der Waals surface area (Å²) in [6, 6.07) is 8.09. The molecule has 0 aliphatic heterocycles. The first kappa shape index (κ1) is 12.8. The van der Waals surface area contributed by atoms with Crippen molar-refractivity contribution in [3.05, 3.63) is 40.7 Å². The van der Waals surface area contributed by atoms with E-state index in [2.05, 4.69) is 29.3 Å². The lowest BCUT2D eigenvalue weighted by atomic mass is 9.98. The molecule has 0 saturated heterocycles. The van der Waals surface area contributed by atoms with Crippen LogP contribution in [-0.2, 0) is 6.42 Å². The molecule has 1 aliphatic carbocycles. The maximum atomic E-state index is 5.74. The minimum atomic E-state index is 0.416. The predicted molar refractivity (Wildman–Crippen MR) is 83.6 cm³/mol. The summed E-state index contributed by atoms with van der Waals surface area (Å²) in [5.41, 5.74) is 7.83. The summed E-state index contributed by atoms with van der Waals surface area (Å²) in [4.78, 5) is 0.913. The molecule has 3 aromatic rings. The zero-order chi connectivity index (χ0) is 14.4. The summed E-state index contributed by atoms with van der Waals surface area (Å²) >= 11 is 1.64. The van der Waals surface area contributed by atoms with E-state index in [1.54, 1.807) is 11.3 Å². The van der Waals surface area contributed by atoms with Gasteiger partial charge in [-0.05, 0) is 36.5 Å². The lowest BCUT2D eigenvalue weighted by molar-refractivity contribution is 0.725. The van der Waals surface area contributed by atoms with Crippen molar-refractivity contribution in [1.82, 2.24) is 19.8 Å². The highest BCUT2D eigenvalue weighted by atomic mass is 32.1. The van der Waals surface area contributed by atoms with Gasteiger partial charge < -0.3 is 5.73 Å². The SMILES string of the molecule is CC(Cc1nn2c(C3CC3)nnc2s1)c1ccc(N)cc1. The van der Waals surface area contributed by atoms with Crippen molar-refractivity contribution >= 4 is 22.0 Å². The second kappa shape index (κ2) is 4.80. The number of rotatable bonds is 4. The van der Waals surface area contributed by atoms with Crippen LogP contribution in [0.2, 0.25) is 0 Å². The van der Waals surface area contributed by atoms with Gasteiger partial charge in [-0.2, -0.15) is 9.61 Å². The molecule has 108 valence electrons. The maximum absolute atomic E-state index is 5.74. The molecule has 0 radical (unpaired) electrons. The molecule has 1 fully saturated rings. The second-order valence-electron chi connectivity index (χ2n) is 5.79. The topological polar surface area (TPSA) is 69.1 Å². The first-order chi connectivity index (χ1) is 10.2. The Balaban J connectivity index is 1.57. The zero-order valence-corrected chi connectivity index (χ0v) is 12.7. The van der Waals surface area contributed by atoms with Crippen molar-refractivity contribution in [2.45, 2.75) is 38.0 Å². The van der Waals surface area contributed by atoms with E-state index in [1.807, 2.05) is 16.6 Å². The largest absolute Gasteiger partial charge is 0.399 e. The van der Waals surface area contributed by atoms with Gasteiger partial charge >= 0.3 is 0 Å². The van der Waals surface area contributed by atoms with E-state index < -0.39 is 0 Å². The Labute approximate surface area is 126 Å². The van der Waals surface area contributed by atoms with Crippen LogP contribution in [0.15, 0.2) is 24.3 Å². The van der Waals surface area contributed by atoms with Gasteiger partial charge in [-0.3, -0.25) is 0 Å². The zero-order valence-electron chi connectivity index (χ0n) is 11.9. The van der Waals surface area contributed by atoms with E-state index in [1.165, 1.54) is 18.4 Å². The van der Waals surface area contributed by atoms with Gasteiger partial charge in [-0.1, -0.05) is 30.4 Å². The minimum absolute atomic E-state index is 0.416. The number of anilines is 1. The van der Waals surface area contributed by atoms with Crippen LogP contribution in [0.4, 0.5) is 5.69 Å². The number of nitrogen functional groups attached to an aromatic ring is 1. The average Bonchev–Trinajstić information content (AvgIpc) is 3.11. The van der Waals surface area contributed by atoms with Crippen molar-refractivity contribution in [3.63, 3.8) is 0 Å². The fraction of sp³-hybridized carbons (Fsp3) is 0.400. The lowest BCUT2D eigenvalue weighted by Crippen LogP contribution is -2.00. The Morgan fingerprint density at radius 1 is 1.29 bits per heavy atom. The Hall–Kier alpha value is -1.95. The molecule has 4 rings (SSSR count). The Morgan fingerprint density at radius 3 is 2.76 bits per heavy atom. The molecule has 0 bridgehead atoms. The standard InChI is InChI=1S/C15H17N5S/c1-9(10-4-6-12(16)7-5-10)8-13-19-20-14(11-2-3-11)17-18-15(20)21-13/h4-7,9,11H,2-3,8,16H2,1H3. The van der Waals surface area contributed by atoms with Gasteiger partial charge in [-0.25, -0.2) is 0 Å². The molecule has 6 heteroatoms. The molecule has 1 aliphatic rings. The first-order valence-electron chi connectivity index (χ1n) is 7.27. The van der Waals surface area contributed by atoms with Crippen molar-refractivity contribution in [2.24, 2.45) is 0 Å². The number of fused-ring (bicyclic) bond motifs is 1. The third-order valence-corrected chi connectivity index (χ3v) is 4.91. The molecule has 0 spiro atoms. The Kier molecular flexibility index (Phi) is 2.92. The van der Waals surface area contributed by atoms with Crippen LogP contribution in [0, 0.1) is 0 Å². The van der Waals surface area contributed by atoms with Gasteiger partial charge in [0, 0.05) is 18.0 Å². The van der Waals surface area contributed by atoms with E-state index in [9.17, 15) is 0 Å². The van der Waals surface area contributed by atoms with Crippen LogP contribution in [0.5, 0.6) is 0 Å². The van der Waals surface area contributed by atoms with E-state index >= 15 is 0 Å². The van der Waals surface area contributed by atoms with Crippen LogP contribution >= 0.6 is 11.3 Å². The average molecular weight is 299 g/mol. The van der Waals surface area contributed by atoms with Crippen LogP contribution in [0.25, 0.3) is 4.96 Å². The number of nitrogens with two attached hydrogens (primary N) is 1. The highest BCUT2D eigenvalue weighted by molar-refractivity contribution is 7.16. The third-order valence-electron chi connectivity index (χ3n) is 3.99. The minimum Gasteiger partial charge on any atom is -0.399 e. The van der Waals surface area contributed by atoms with Crippen molar-refractivity contribution in [3.8, 4) is 0 Å². The van der Waals surface area contributed by atoms with Gasteiger partial charge in [0.1, 0.15) is 5.01 Å². The fourth-order valence-electron chi connectivity index (χ4n) is 2.55. The van der Waals surface area contributed by atoms with Crippen LogP contribution in [0.3, 0.4) is 0 Å². The van der Waals surface area contributed by atoms with Gasteiger partial charge in [0.05, 0.1) is 0 Å². The number of hydrogen-bond acceptors (Lipinski definition) is 5. The summed E-state index contributed by atoms with van der Waals surface area (Å²) in [7, 11) is 0. The van der Waals surface area contributed by atoms with Crippen LogP contribution in [-0.4, -0.2) is 19.8 Å². The Bertz CT molecular complexity index is 769. The van der Waals surface area contributed by atoms with E-state index in [0.29, 0.717) is 11.8 Å². The summed E-state index contributed by atoms with van der Waals surface area (Å²) in [6.07, 6.45) is 3.35. The molecule has 1 atom stereocenters. The molecule has 1 unspecified atom stereocenters. The van der Waals surface area contributed by atoms with E-state index in [0.717, 1.165) is 27.9 Å². The Morgan fingerprint density at radius 2 is 2.05 bits per heavy atom. The van der Waals surface area contributed by atoms with Gasteiger partial charge in [0.15, 0.2) is 5.82 Å². The number of hydrogen-bond donors (Lipinski definition) is 1. The van der Waals surface area contributed by atoms with Crippen molar-refractivity contribution in [1.29, 1.82) is 0 Å². The second-order valence-corrected chi connectivity index (χ2v) is 6.84. The summed E-state index contributed by atoms with van der Waals surface area (Å²) in [5, 5.41) is 14.3. The molecule has 1 saturated carbocycles. The maximum Gasteiger partial charge on any atom is 0.234 e. The van der Waals surface area contributed by atoms with E-state index in [-0.39, 0.29) is 0 Å². The molecule has 2 N–H and O–H groups in total. The molecule has 0 amide bonds. The molecule has 2 aromatic heterocycles. The smallest absolute Gasteiger partial charge is 0.234 e. The molecular weight excluding hydrogens is 282 g/mol. The quantitative estimate of drug-likeness (QED) is 0.752. The van der Waals surface area contributed by atoms with Gasteiger partial charge in [-0.15, -0.1) is 10.2 Å². The summed E-state index contributed by atoms with van der Waals surface area (Å²) < 4.78 is 1.94. The summed E-state index contributed by atoms with van der Waals surface area (Å²) in [5.74, 6) is 2.02. The highest BCUT2D eigenvalue weighted by Crippen LogP contribution is 2.39. The van der Waals surface area contributed by atoms with Gasteiger partial charge in [0.25, 0.3) is 0 Å². The third kappa shape index (κ3) is 2.40. The molecule has 2 heterocycles. The van der Waals surface area contributed by atoms with Crippen LogP contribution in [0.1, 0.15) is 48.0 Å². The predicted octanol–water partition coefficient (Wildman–Crippen LogP) is 2.99. The summed E-state index contributed by atoms with van der Waals surface area (Å²) in [6.45, 7) is 2.22. The number of nitrogens with zero attached hydrogens (tertiary/aromatic N) is 4.